The van der Waals surface area contributed by atoms with Crippen molar-refractivity contribution in [3.05, 3.63) is 0 Å². The fraction of sp³-hybridized carbons (Fsp3) is 0.923. The molecule has 0 saturated heterocycles. The van der Waals surface area contributed by atoms with E-state index in [1.165, 1.54) is 0 Å². The highest BCUT2D eigenvalue weighted by atomic mass is 16.5. The van der Waals surface area contributed by atoms with Gasteiger partial charge in [0.05, 0.1) is 19.3 Å². The topological polar surface area (TPSA) is 70.6 Å². The normalized spacial score (nSPS) is 14.6. The molecular weight excluding hydrogens is 232 g/mol. The van der Waals surface area contributed by atoms with Crippen LogP contribution in [0.5, 0.6) is 0 Å². The largest absolute Gasteiger partial charge is 0.392 e. The maximum absolute atomic E-state index is 11.5. The van der Waals surface area contributed by atoms with Crippen LogP contribution in [0, 0.1) is 5.92 Å². The van der Waals surface area contributed by atoms with E-state index in [4.69, 9.17) is 4.74 Å². The quantitative estimate of drug-likeness (QED) is 0.536. The second-order valence-electron chi connectivity index (χ2n) is 4.70. The van der Waals surface area contributed by atoms with E-state index < -0.39 is 0 Å². The summed E-state index contributed by atoms with van der Waals surface area (Å²) in [5, 5.41) is 15.7. The highest BCUT2D eigenvalue weighted by molar-refractivity contribution is 5.78. The zero-order valence-corrected chi connectivity index (χ0v) is 12.0. The SMILES string of the molecule is CCC(CC)C(O)CNCC(=O)NC(C)COC. The Bertz CT molecular complexity index is 220. The summed E-state index contributed by atoms with van der Waals surface area (Å²) in [6, 6.07) is 0.00764. The van der Waals surface area contributed by atoms with Crippen LogP contribution in [0.1, 0.15) is 33.6 Å². The zero-order chi connectivity index (χ0) is 14.0. The van der Waals surface area contributed by atoms with Crippen LogP contribution in [0.25, 0.3) is 0 Å². The summed E-state index contributed by atoms with van der Waals surface area (Å²) < 4.78 is 4.93. The van der Waals surface area contributed by atoms with E-state index >= 15 is 0 Å². The molecular formula is C13H28N2O3. The third-order valence-electron chi connectivity index (χ3n) is 3.06. The smallest absolute Gasteiger partial charge is 0.234 e. The van der Waals surface area contributed by atoms with Crippen molar-refractivity contribution in [2.45, 2.75) is 45.8 Å². The number of methoxy groups -OCH3 is 1. The van der Waals surface area contributed by atoms with Gasteiger partial charge in [-0.15, -0.1) is 0 Å². The molecule has 0 bridgehead atoms. The number of ether oxygens (including phenoxy) is 1. The van der Waals surface area contributed by atoms with Gasteiger partial charge in [-0.1, -0.05) is 26.7 Å². The van der Waals surface area contributed by atoms with Crippen molar-refractivity contribution in [1.82, 2.24) is 10.6 Å². The van der Waals surface area contributed by atoms with Gasteiger partial charge in [-0.2, -0.15) is 0 Å². The van der Waals surface area contributed by atoms with Crippen LogP contribution in [0.2, 0.25) is 0 Å². The van der Waals surface area contributed by atoms with Gasteiger partial charge in [0.1, 0.15) is 0 Å². The molecule has 18 heavy (non-hydrogen) atoms. The first-order valence-corrected chi connectivity index (χ1v) is 6.72. The van der Waals surface area contributed by atoms with Crippen LogP contribution in [0.15, 0.2) is 0 Å². The van der Waals surface area contributed by atoms with Gasteiger partial charge < -0.3 is 20.5 Å². The van der Waals surface area contributed by atoms with Crippen molar-refractivity contribution in [2.75, 3.05) is 26.8 Å². The Balaban J connectivity index is 3.73. The number of hydrogen-bond donors (Lipinski definition) is 3. The fourth-order valence-electron chi connectivity index (χ4n) is 1.95. The number of carbonyl (C=O) groups is 1. The highest BCUT2D eigenvalue weighted by Gasteiger charge is 2.15. The van der Waals surface area contributed by atoms with Crippen molar-refractivity contribution in [2.24, 2.45) is 5.92 Å². The second kappa shape index (κ2) is 10.3. The maximum atomic E-state index is 11.5. The summed E-state index contributed by atoms with van der Waals surface area (Å²) in [5.74, 6) is 0.226. The molecule has 0 aromatic rings. The molecule has 0 saturated carbocycles. The number of carbonyl (C=O) groups excluding carboxylic acids is 1. The van der Waals surface area contributed by atoms with Gasteiger partial charge in [-0.05, 0) is 12.8 Å². The number of aliphatic hydroxyl groups is 1. The van der Waals surface area contributed by atoms with Gasteiger partial charge in [0.15, 0.2) is 0 Å². The average Bonchev–Trinajstić information content (AvgIpc) is 2.30. The van der Waals surface area contributed by atoms with Crippen molar-refractivity contribution < 1.29 is 14.6 Å². The Morgan fingerprint density at radius 3 is 2.44 bits per heavy atom. The van der Waals surface area contributed by atoms with E-state index in [-0.39, 0.29) is 24.6 Å². The zero-order valence-electron chi connectivity index (χ0n) is 12.0. The molecule has 5 heteroatoms. The van der Waals surface area contributed by atoms with Gasteiger partial charge in [0, 0.05) is 19.7 Å². The molecule has 0 aliphatic heterocycles. The molecule has 2 atom stereocenters. The molecule has 0 rings (SSSR count). The molecule has 1 amide bonds. The third-order valence-corrected chi connectivity index (χ3v) is 3.06. The van der Waals surface area contributed by atoms with Gasteiger partial charge in [-0.3, -0.25) is 4.79 Å². The number of nitrogens with one attached hydrogen (secondary N) is 2. The molecule has 5 nitrogen and oxygen atoms in total. The molecule has 0 spiro atoms. The summed E-state index contributed by atoms with van der Waals surface area (Å²) in [7, 11) is 1.60. The third kappa shape index (κ3) is 7.63. The fourth-order valence-corrected chi connectivity index (χ4v) is 1.95. The van der Waals surface area contributed by atoms with Crippen LogP contribution in [-0.4, -0.2) is 50.0 Å². The Kier molecular flexibility index (Phi) is 9.92. The first-order valence-electron chi connectivity index (χ1n) is 6.72. The number of hydrogen-bond acceptors (Lipinski definition) is 4. The summed E-state index contributed by atoms with van der Waals surface area (Å²) in [6.07, 6.45) is 1.52. The first-order chi connectivity index (χ1) is 8.54. The second-order valence-corrected chi connectivity index (χ2v) is 4.70. The molecule has 108 valence electrons. The molecule has 2 unspecified atom stereocenters. The average molecular weight is 260 g/mol. The molecule has 0 aliphatic rings. The van der Waals surface area contributed by atoms with Crippen LogP contribution >= 0.6 is 0 Å². The Hall–Kier alpha value is -0.650. The highest BCUT2D eigenvalue weighted by Crippen LogP contribution is 2.11. The summed E-state index contributed by atoms with van der Waals surface area (Å²) in [5.41, 5.74) is 0. The Labute approximate surface area is 110 Å². The minimum Gasteiger partial charge on any atom is -0.392 e. The van der Waals surface area contributed by atoms with Gasteiger partial charge in [0.2, 0.25) is 5.91 Å². The van der Waals surface area contributed by atoms with E-state index in [0.717, 1.165) is 12.8 Å². The van der Waals surface area contributed by atoms with Gasteiger partial charge >= 0.3 is 0 Å². The van der Waals surface area contributed by atoms with Gasteiger partial charge in [-0.25, -0.2) is 0 Å². The lowest BCUT2D eigenvalue weighted by Crippen LogP contribution is -2.43. The minimum absolute atomic E-state index is 0.00764. The number of amides is 1. The molecule has 0 aliphatic carbocycles. The molecule has 3 N–H and O–H groups in total. The van der Waals surface area contributed by atoms with Crippen molar-refractivity contribution in [3.63, 3.8) is 0 Å². The lowest BCUT2D eigenvalue weighted by Gasteiger charge is -2.20. The molecule has 0 aromatic heterocycles. The molecule has 0 aromatic carbocycles. The Morgan fingerprint density at radius 2 is 1.94 bits per heavy atom. The van der Waals surface area contributed by atoms with E-state index in [9.17, 15) is 9.90 Å². The van der Waals surface area contributed by atoms with E-state index in [1.807, 2.05) is 6.92 Å². The number of aliphatic hydroxyl groups excluding tert-OH is 1. The minimum atomic E-state index is -0.385. The predicted molar refractivity (Wildman–Crippen MR) is 72.4 cm³/mol. The molecule has 0 fully saturated rings. The van der Waals surface area contributed by atoms with Crippen molar-refractivity contribution >= 4 is 5.91 Å². The van der Waals surface area contributed by atoms with Crippen molar-refractivity contribution in [1.29, 1.82) is 0 Å². The standard InChI is InChI=1S/C13H28N2O3/c1-5-11(6-2)12(16)7-14-8-13(17)15-10(3)9-18-4/h10-12,14,16H,5-9H2,1-4H3,(H,15,17). The Morgan fingerprint density at radius 1 is 1.33 bits per heavy atom. The number of rotatable bonds is 10. The molecule has 0 radical (unpaired) electrons. The summed E-state index contributed by atoms with van der Waals surface area (Å²) in [6.45, 7) is 7.21. The van der Waals surface area contributed by atoms with Crippen molar-refractivity contribution in [3.8, 4) is 0 Å². The van der Waals surface area contributed by atoms with E-state index in [2.05, 4.69) is 24.5 Å². The van der Waals surface area contributed by atoms with E-state index in [1.54, 1.807) is 7.11 Å². The maximum Gasteiger partial charge on any atom is 0.234 e. The lowest BCUT2D eigenvalue weighted by atomic mass is 9.97. The van der Waals surface area contributed by atoms with Crippen LogP contribution in [0.3, 0.4) is 0 Å². The monoisotopic (exact) mass is 260 g/mol. The van der Waals surface area contributed by atoms with Crippen LogP contribution < -0.4 is 10.6 Å². The van der Waals surface area contributed by atoms with Gasteiger partial charge in [0.25, 0.3) is 0 Å². The van der Waals surface area contributed by atoms with Crippen LogP contribution in [-0.2, 0) is 9.53 Å². The lowest BCUT2D eigenvalue weighted by molar-refractivity contribution is -0.121. The summed E-state index contributed by atoms with van der Waals surface area (Å²) in [4.78, 5) is 11.5. The van der Waals surface area contributed by atoms with E-state index in [0.29, 0.717) is 19.1 Å². The predicted octanol–water partition coefficient (Wildman–Crippen LogP) is 0.524. The first kappa shape index (κ1) is 17.4. The van der Waals surface area contributed by atoms with Crippen LogP contribution in [0.4, 0.5) is 0 Å². The summed E-state index contributed by atoms with van der Waals surface area (Å²) >= 11 is 0. The molecule has 0 heterocycles.